The van der Waals surface area contributed by atoms with Crippen LogP contribution in [-0.4, -0.2) is 26.7 Å². The number of aliphatic hydroxyl groups is 2. The predicted molar refractivity (Wildman–Crippen MR) is 103 cm³/mol. The molecule has 1 aliphatic rings. The molecule has 0 saturated carbocycles. The van der Waals surface area contributed by atoms with Gasteiger partial charge in [-0.25, -0.2) is 0 Å². The van der Waals surface area contributed by atoms with Crippen LogP contribution in [0.5, 0.6) is 0 Å². The Kier molecular flexibility index (Phi) is 8.26. The smallest absolute Gasteiger partial charge is 0.0827 e. The second-order valence-corrected chi connectivity index (χ2v) is 8.72. The van der Waals surface area contributed by atoms with Crippen LogP contribution < -0.4 is 0 Å². The first-order valence-corrected chi connectivity index (χ1v) is 9.61. The lowest BCUT2D eigenvalue weighted by atomic mass is 9.86. The van der Waals surface area contributed by atoms with Crippen molar-refractivity contribution in [3.8, 4) is 0 Å². The van der Waals surface area contributed by atoms with Gasteiger partial charge in [0.2, 0.25) is 0 Å². The van der Waals surface area contributed by atoms with E-state index in [-0.39, 0.29) is 0 Å². The molecule has 1 rings (SSSR count). The van der Waals surface area contributed by atoms with Crippen molar-refractivity contribution in [2.24, 2.45) is 11.8 Å². The average molecular weight is 385 g/mol. The summed E-state index contributed by atoms with van der Waals surface area (Å²) in [5.41, 5.74) is 1.41. The summed E-state index contributed by atoms with van der Waals surface area (Å²) >= 11 is 3.75. The van der Waals surface area contributed by atoms with E-state index in [4.69, 9.17) is 0 Å². The van der Waals surface area contributed by atoms with Crippen molar-refractivity contribution >= 4 is 15.9 Å². The van der Waals surface area contributed by atoms with Gasteiger partial charge < -0.3 is 10.2 Å². The molecule has 23 heavy (non-hydrogen) atoms. The Morgan fingerprint density at radius 1 is 1.30 bits per heavy atom. The first kappa shape index (κ1) is 20.7. The van der Waals surface area contributed by atoms with Gasteiger partial charge in [0, 0.05) is 11.2 Å². The van der Waals surface area contributed by atoms with Crippen LogP contribution in [-0.2, 0) is 0 Å². The van der Waals surface area contributed by atoms with Crippen LogP contribution in [0.1, 0.15) is 59.8 Å². The maximum atomic E-state index is 10.5. The Labute approximate surface area is 150 Å². The largest absolute Gasteiger partial charge is 0.389 e. The molecule has 0 radical (unpaired) electrons. The molecule has 1 aliphatic carbocycles. The standard InChI is InChI=1S/C20H33BrO2/c1-14(2)17-8-7-16(4)19(21)9-6-15(3)12-18(22)13-20(5,23)11-10-17/h10-12,14,17-19,22-23H,4,6-9,13H2,1-3,5H3/b11-10+,15-12+/t17-,18+,19+,20-/m1/s1. The molecule has 0 fully saturated rings. The van der Waals surface area contributed by atoms with E-state index in [1.165, 1.54) is 5.57 Å². The summed E-state index contributed by atoms with van der Waals surface area (Å²) in [4.78, 5) is 0.325. The third-order valence-corrected chi connectivity index (χ3v) is 5.80. The van der Waals surface area contributed by atoms with Crippen LogP contribution in [0.3, 0.4) is 0 Å². The summed E-state index contributed by atoms with van der Waals surface area (Å²) in [5, 5.41) is 20.8. The molecule has 0 aromatic heterocycles. The first-order chi connectivity index (χ1) is 10.6. The van der Waals surface area contributed by atoms with Crippen molar-refractivity contribution in [1.29, 1.82) is 0 Å². The summed E-state index contributed by atoms with van der Waals surface area (Å²) in [6.07, 6.45) is 9.53. The molecule has 132 valence electrons. The molecular weight excluding hydrogens is 352 g/mol. The maximum absolute atomic E-state index is 10.5. The van der Waals surface area contributed by atoms with Crippen molar-refractivity contribution in [2.45, 2.75) is 76.3 Å². The normalized spacial score (nSPS) is 38.7. The number of alkyl halides is 1. The zero-order valence-electron chi connectivity index (χ0n) is 15.1. The van der Waals surface area contributed by atoms with Crippen molar-refractivity contribution in [1.82, 2.24) is 0 Å². The van der Waals surface area contributed by atoms with E-state index in [9.17, 15) is 10.2 Å². The Bertz CT molecular complexity index is 449. The van der Waals surface area contributed by atoms with Gasteiger partial charge in [0.15, 0.2) is 0 Å². The number of aliphatic hydroxyl groups excluding tert-OH is 1. The lowest BCUT2D eigenvalue weighted by Crippen LogP contribution is -2.27. The van der Waals surface area contributed by atoms with Crippen LogP contribution in [0.2, 0.25) is 0 Å². The Morgan fingerprint density at radius 3 is 2.57 bits per heavy atom. The van der Waals surface area contributed by atoms with Gasteiger partial charge >= 0.3 is 0 Å². The van der Waals surface area contributed by atoms with Gasteiger partial charge in [-0.05, 0) is 51.4 Å². The zero-order valence-corrected chi connectivity index (χ0v) is 16.6. The number of rotatable bonds is 1. The van der Waals surface area contributed by atoms with E-state index in [1.807, 2.05) is 19.1 Å². The molecule has 0 saturated heterocycles. The Morgan fingerprint density at radius 2 is 1.96 bits per heavy atom. The number of halogens is 1. The fourth-order valence-electron chi connectivity index (χ4n) is 3.01. The highest BCUT2D eigenvalue weighted by Gasteiger charge is 2.22. The van der Waals surface area contributed by atoms with E-state index < -0.39 is 11.7 Å². The van der Waals surface area contributed by atoms with Gasteiger partial charge in [-0.2, -0.15) is 0 Å². The van der Waals surface area contributed by atoms with Crippen LogP contribution in [0.4, 0.5) is 0 Å². The zero-order chi connectivity index (χ0) is 17.6. The van der Waals surface area contributed by atoms with Crippen LogP contribution >= 0.6 is 15.9 Å². The summed E-state index contributed by atoms with van der Waals surface area (Å²) in [7, 11) is 0. The fourth-order valence-corrected chi connectivity index (χ4v) is 3.47. The molecule has 0 aromatic rings. The highest BCUT2D eigenvalue weighted by Crippen LogP contribution is 2.29. The molecule has 0 spiro atoms. The summed E-state index contributed by atoms with van der Waals surface area (Å²) in [6, 6.07) is 0. The lowest BCUT2D eigenvalue weighted by molar-refractivity contribution is 0.0565. The van der Waals surface area contributed by atoms with E-state index in [1.54, 1.807) is 6.92 Å². The summed E-state index contributed by atoms with van der Waals surface area (Å²) < 4.78 is 0. The third kappa shape index (κ3) is 7.82. The van der Waals surface area contributed by atoms with E-state index in [0.717, 1.165) is 31.3 Å². The minimum Gasteiger partial charge on any atom is -0.389 e. The first-order valence-electron chi connectivity index (χ1n) is 8.69. The SMILES string of the molecule is C=C1CC[C@@H](C(C)C)/C=C/[C@@](C)(O)C[C@@H](O)/C=C(\C)CC[C@@H]1Br. The summed E-state index contributed by atoms with van der Waals surface area (Å²) in [6.45, 7) is 12.5. The average Bonchev–Trinajstić information content (AvgIpc) is 2.42. The highest BCUT2D eigenvalue weighted by atomic mass is 79.9. The number of hydrogen-bond donors (Lipinski definition) is 2. The molecule has 0 aliphatic heterocycles. The molecule has 0 unspecified atom stereocenters. The molecule has 4 atom stereocenters. The van der Waals surface area contributed by atoms with Crippen LogP contribution in [0.25, 0.3) is 0 Å². The van der Waals surface area contributed by atoms with Gasteiger partial charge in [-0.15, -0.1) is 0 Å². The van der Waals surface area contributed by atoms with Gasteiger partial charge in [0.25, 0.3) is 0 Å². The van der Waals surface area contributed by atoms with E-state index in [2.05, 4.69) is 42.4 Å². The minimum atomic E-state index is -0.984. The topological polar surface area (TPSA) is 40.5 Å². The molecule has 2 nitrogen and oxygen atoms in total. The molecule has 3 heteroatoms. The second-order valence-electron chi connectivity index (χ2n) is 7.61. The molecule has 2 N–H and O–H groups in total. The second kappa shape index (κ2) is 9.19. The Hall–Kier alpha value is -0.380. The number of hydrogen-bond acceptors (Lipinski definition) is 2. The molecular formula is C20H33BrO2. The minimum absolute atomic E-state index is 0.325. The Balaban J connectivity index is 2.98. The quantitative estimate of drug-likeness (QED) is 0.484. The molecule has 0 heterocycles. The highest BCUT2D eigenvalue weighted by molar-refractivity contribution is 9.09. The molecule has 0 bridgehead atoms. The lowest BCUT2D eigenvalue weighted by Gasteiger charge is -2.25. The van der Waals surface area contributed by atoms with Crippen LogP contribution in [0, 0.1) is 11.8 Å². The molecule has 0 aromatic carbocycles. The predicted octanol–water partition coefficient (Wildman–Crippen LogP) is 5.16. The monoisotopic (exact) mass is 384 g/mol. The van der Waals surface area contributed by atoms with Crippen molar-refractivity contribution < 1.29 is 10.2 Å². The third-order valence-electron chi connectivity index (χ3n) is 4.69. The van der Waals surface area contributed by atoms with Crippen LogP contribution in [0.15, 0.2) is 36.0 Å². The van der Waals surface area contributed by atoms with Gasteiger partial charge in [0.05, 0.1) is 11.7 Å². The van der Waals surface area contributed by atoms with Crippen molar-refractivity contribution in [2.75, 3.05) is 0 Å². The van der Waals surface area contributed by atoms with Gasteiger partial charge in [0.1, 0.15) is 0 Å². The molecule has 0 amide bonds. The van der Waals surface area contributed by atoms with Crippen molar-refractivity contribution in [3.63, 3.8) is 0 Å². The maximum Gasteiger partial charge on any atom is 0.0827 e. The van der Waals surface area contributed by atoms with Crippen molar-refractivity contribution in [3.05, 3.63) is 36.0 Å². The number of allylic oxidation sites excluding steroid dienone is 3. The van der Waals surface area contributed by atoms with E-state index in [0.29, 0.717) is 23.1 Å². The van der Waals surface area contributed by atoms with E-state index >= 15 is 0 Å². The van der Waals surface area contributed by atoms with Gasteiger partial charge in [-0.1, -0.05) is 65.7 Å². The van der Waals surface area contributed by atoms with Gasteiger partial charge in [-0.3, -0.25) is 0 Å². The fraction of sp³-hybridized carbons (Fsp3) is 0.700. The summed E-state index contributed by atoms with van der Waals surface area (Å²) in [5.74, 6) is 0.930.